The molecule has 1 saturated carbocycles. The van der Waals surface area contributed by atoms with Crippen molar-refractivity contribution >= 4 is 11.8 Å². The van der Waals surface area contributed by atoms with E-state index in [-0.39, 0.29) is 0 Å². The average molecular weight is 240 g/mol. The molecule has 0 atom stereocenters. The van der Waals surface area contributed by atoms with Crippen LogP contribution in [0, 0.1) is 5.41 Å². The molecule has 1 fully saturated rings. The summed E-state index contributed by atoms with van der Waals surface area (Å²) in [5.74, 6) is 0. The van der Waals surface area contributed by atoms with Crippen LogP contribution in [0.3, 0.4) is 0 Å². The summed E-state index contributed by atoms with van der Waals surface area (Å²) in [4.78, 5) is 11.4. The van der Waals surface area contributed by atoms with Crippen LogP contribution in [0.2, 0.25) is 0 Å². The number of amides is 1. The summed E-state index contributed by atoms with van der Waals surface area (Å²) in [5.41, 5.74) is 3.46. The minimum absolute atomic E-state index is 0.408. The Bertz CT molecular complexity index is 302. The van der Waals surface area contributed by atoms with E-state index in [1.54, 1.807) is 0 Å². The molecule has 1 amide bonds. The standard InChI is InChI=1S/C13H24N2O2/c1-12(2,3)17-11(16)15-14-10-6-8-13(4,5)9-7-10/h6-9H2,1-5H3,(H,15,16). The summed E-state index contributed by atoms with van der Waals surface area (Å²) in [7, 11) is 0. The lowest BCUT2D eigenvalue weighted by atomic mass is 9.77. The van der Waals surface area contributed by atoms with E-state index < -0.39 is 11.7 Å². The maximum atomic E-state index is 11.4. The van der Waals surface area contributed by atoms with Crippen LogP contribution in [0.4, 0.5) is 4.79 Å². The molecule has 17 heavy (non-hydrogen) atoms. The second-order valence-electron chi connectivity index (χ2n) is 6.46. The number of hydrazone groups is 1. The fourth-order valence-corrected chi connectivity index (χ4v) is 1.75. The lowest BCUT2D eigenvalue weighted by molar-refractivity contribution is 0.0529. The van der Waals surface area contributed by atoms with Crippen molar-refractivity contribution in [1.82, 2.24) is 5.43 Å². The van der Waals surface area contributed by atoms with Crippen LogP contribution < -0.4 is 5.43 Å². The third-order valence-electron chi connectivity index (χ3n) is 2.88. The van der Waals surface area contributed by atoms with Crippen molar-refractivity contribution in [3.63, 3.8) is 0 Å². The quantitative estimate of drug-likeness (QED) is 0.713. The topological polar surface area (TPSA) is 50.7 Å². The van der Waals surface area contributed by atoms with Crippen molar-refractivity contribution in [1.29, 1.82) is 0 Å². The summed E-state index contributed by atoms with van der Waals surface area (Å²) in [6, 6.07) is 0. The van der Waals surface area contributed by atoms with Gasteiger partial charge < -0.3 is 4.74 Å². The maximum absolute atomic E-state index is 11.4. The largest absolute Gasteiger partial charge is 0.443 e. The highest BCUT2D eigenvalue weighted by molar-refractivity contribution is 5.86. The molecule has 0 aromatic carbocycles. The van der Waals surface area contributed by atoms with Gasteiger partial charge in [-0.25, -0.2) is 10.2 Å². The number of ether oxygens (including phenoxy) is 1. The van der Waals surface area contributed by atoms with E-state index in [0.717, 1.165) is 31.4 Å². The maximum Gasteiger partial charge on any atom is 0.428 e. The minimum atomic E-state index is -0.477. The average Bonchev–Trinajstić information content (AvgIpc) is 2.13. The van der Waals surface area contributed by atoms with Gasteiger partial charge in [0.2, 0.25) is 0 Å². The van der Waals surface area contributed by atoms with Gasteiger partial charge >= 0.3 is 6.09 Å². The zero-order chi connectivity index (χ0) is 13.1. The molecular formula is C13H24N2O2. The zero-order valence-electron chi connectivity index (χ0n) is 11.6. The normalized spacial score (nSPS) is 19.7. The van der Waals surface area contributed by atoms with E-state index in [0.29, 0.717) is 5.41 Å². The van der Waals surface area contributed by atoms with Crippen LogP contribution in [0.5, 0.6) is 0 Å². The molecule has 0 aromatic rings. The van der Waals surface area contributed by atoms with E-state index in [9.17, 15) is 4.79 Å². The number of hydrogen-bond donors (Lipinski definition) is 1. The van der Waals surface area contributed by atoms with Gasteiger partial charge in [-0.15, -0.1) is 0 Å². The van der Waals surface area contributed by atoms with Gasteiger partial charge in [0.15, 0.2) is 0 Å². The Morgan fingerprint density at radius 2 is 1.82 bits per heavy atom. The molecule has 4 nitrogen and oxygen atoms in total. The van der Waals surface area contributed by atoms with Gasteiger partial charge in [0.25, 0.3) is 0 Å². The molecule has 1 aliphatic rings. The summed E-state index contributed by atoms with van der Waals surface area (Å²) in [5, 5.41) is 4.12. The van der Waals surface area contributed by atoms with E-state index in [2.05, 4.69) is 24.4 Å². The van der Waals surface area contributed by atoms with Crippen LogP contribution in [-0.4, -0.2) is 17.4 Å². The van der Waals surface area contributed by atoms with Crippen LogP contribution in [-0.2, 0) is 4.74 Å². The summed E-state index contributed by atoms with van der Waals surface area (Å²) < 4.78 is 5.11. The highest BCUT2D eigenvalue weighted by Gasteiger charge is 2.24. The lowest BCUT2D eigenvalue weighted by Crippen LogP contribution is -2.31. The monoisotopic (exact) mass is 240 g/mol. The molecule has 0 spiro atoms. The summed E-state index contributed by atoms with van der Waals surface area (Å²) in [6.07, 6.45) is 3.70. The fraction of sp³-hybridized carbons (Fsp3) is 0.846. The highest BCUT2D eigenvalue weighted by atomic mass is 16.6. The first-order valence-electron chi connectivity index (χ1n) is 6.22. The Morgan fingerprint density at radius 3 is 2.29 bits per heavy atom. The number of carbonyl (C=O) groups is 1. The van der Waals surface area contributed by atoms with Gasteiger partial charge in [0.05, 0.1) is 0 Å². The van der Waals surface area contributed by atoms with Crippen LogP contribution in [0.15, 0.2) is 5.10 Å². The third kappa shape index (κ3) is 5.71. The molecule has 0 aromatic heterocycles. The van der Waals surface area contributed by atoms with Crippen molar-refractivity contribution in [2.45, 2.75) is 65.9 Å². The zero-order valence-corrected chi connectivity index (χ0v) is 11.6. The second kappa shape index (κ2) is 5.07. The van der Waals surface area contributed by atoms with E-state index in [4.69, 9.17) is 4.74 Å². The minimum Gasteiger partial charge on any atom is -0.443 e. The van der Waals surface area contributed by atoms with Crippen LogP contribution in [0.25, 0.3) is 0 Å². The van der Waals surface area contributed by atoms with Gasteiger partial charge in [0, 0.05) is 5.71 Å². The Balaban J connectivity index is 2.38. The molecule has 0 unspecified atom stereocenters. The first-order chi connectivity index (χ1) is 7.68. The molecule has 0 radical (unpaired) electrons. The van der Waals surface area contributed by atoms with Crippen LogP contribution >= 0.6 is 0 Å². The van der Waals surface area contributed by atoms with E-state index in [1.807, 2.05) is 20.8 Å². The first kappa shape index (κ1) is 14.0. The summed E-state index contributed by atoms with van der Waals surface area (Å²) in [6.45, 7) is 10.0. The van der Waals surface area contributed by atoms with Crippen molar-refractivity contribution in [3.8, 4) is 0 Å². The lowest BCUT2D eigenvalue weighted by Gasteiger charge is -2.29. The number of carbonyl (C=O) groups excluding carboxylic acids is 1. The van der Waals surface area contributed by atoms with Gasteiger partial charge in [-0.05, 0) is 51.9 Å². The number of nitrogens with one attached hydrogen (secondary N) is 1. The molecule has 0 aliphatic heterocycles. The predicted molar refractivity (Wildman–Crippen MR) is 69.1 cm³/mol. The molecule has 1 aliphatic carbocycles. The Labute approximate surface area is 104 Å². The number of hydrogen-bond acceptors (Lipinski definition) is 3. The van der Waals surface area contributed by atoms with Gasteiger partial charge in [-0.3, -0.25) is 0 Å². The van der Waals surface area contributed by atoms with Crippen LogP contribution in [0.1, 0.15) is 60.3 Å². The van der Waals surface area contributed by atoms with Crippen molar-refractivity contribution in [2.24, 2.45) is 10.5 Å². The van der Waals surface area contributed by atoms with Crippen molar-refractivity contribution in [2.75, 3.05) is 0 Å². The molecule has 1 N–H and O–H groups in total. The number of rotatable bonds is 1. The molecule has 0 saturated heterocycles. The molecule has 0 heterocycles. The van der Waals surface area contributed by atoms with Crippen molar-refractivity contribution in [3.05, 3.63) is 0 Å². The second-order valence-corrected chi connectivity index (χ2v) is 6.46. The van der Waals surface area contributed by atoms with Crippen molar-refractivity contribution < 1.29 is 9.53 Å². The third-order valence-corrected chi connectivity index (χ3v) is 2.88. The smallest absolute Gasteiger partial charge is 0.428 e. The molecule has 1 rings (SSSR count). The molecule has 98 valence electrons. The summed E-state index contributed by atoms with van der Waals surface area (Å²) >= 11 is 0. The molecule has 0 bridgehead atoms. The van der Waals surface area contributed by atoms with E-state index in [1.165, 1.54) is 0 Å². The predicted octanol–water partition coefficient (Wildman–Crippen LogP) is 3.47. The molecular weight excluding hydrogens is 216 g/mol. The molecule has 4 heteroatoms. The van der Waals surface area contributed by atoms with Gasteiger partial charge in [-0.1, -0.05) is 13.8 Å². The highest BCUT2D eigenvalue weighted by Crippen LogP contribution is 2.33. The number of nitrogens with zero attached hydrogens (tertiary/aromatic N) is 1. The van der Waals surface area contributed by atoms with Gasteiger partial charge in [-0.2, -0.15) is 5.10 Å². The first-order valence-corrected chi connectivity index (χ1v) is 6.22. The SMILES string of the molecule is CC1(C)CCC(=NNC(=O)OC(C)(C)C)CC1. The fourth-order valence-electron chi connectivity index (χ4n) is 1.75. The Hall–Kier alpha value is -1.06. The Morgan fingerprint density at radius 1 is 1.29 bits per heavy atom. The van der Waals surface area contributed by atoms with E-state index >= 15 is 0 Å². The van der Waals surface area contributed by atoms with Gasteiger partial charge in [0.1, 0.15) is 5.60 Å². The Kier molecular flexibility index (Phi) is 4.17.